The highest BCUT2D eigenvalue weighted by atomic mass is 16.5. The minimum atomic E-state index is -0.577. The van der Waals surface area contributed by atoms with E-state index in [1.807, 2.05) is 6.26 Å². The first kappa shape index (κ1) is 12.0. The lowest BCUT2D eigenvalue weighted by molar-refractivity contribution is -0.0424. The van der Waals surface area contributed by atoms with Crippen molar-refractivity contribution >= 4 is 0 Å². The van der Waals surface area contributed by atoms with Crippen LogP contribution in [0.15, 0.2) is 11.8 Å². The third-order valence-corrected chi connectivity index (χ3v) is 4.23. The van der Waals surface area contributed by atoms with E-state index in [1.165, 1.54) is 6.42 Å². The Labute approximate surface area is 98.7 Å². The van der Waals surface area contributed by atoms with Crippen LogP contribution in [-0.4, -0.2) is 17.3 Å². The summed E-state index contributed by atoms with van der Waals surface area (Å²) in [5, 5.41) is 11.0. The molecule has 1 saturated carbocycles. The molecular weight excluding hydrogens is 200 g/mol. The third-order valence-electron chi connectivity index (χ3n) is 4.23. The molecule has 1 heterocycles. The SMILES string of the molecule is CC(C)C1CCCCC1(O)C1=COCCC1. The van der Waals surface area contributed by atoms with E-state index in [9.17, 15) is 5.11 Å². The zero-order valence-electron chi connectivity index (χ0n) is 10.5. The Hall–Kier alpha value is -0.500. The number of rotatable bonds is 2. The summed E-state index contributed by atoms with van der Waals surface area (Å²) >= 11 is 0. The van der Waals surface area contributed by atoms with Crippen molar-refractivity contribution in [1.29, 1.82) is 0 Å². The largest absolute Gasteiger partial charge is 0.501 e. The van der Waals surface area contributed by atoms with Crippen LogP contribution in [0.5, 0.6) is 0 Å². The van der Waals surface area contributed by atoms with Gasteiger partial charge in [-0.05, 0) is 43.1 Å². The molecule has 0 saturated heterocycles. The Morgan fingerprint density at radius 2 is 2.19 bits per heavy atom. The monoisotopic (exact) mass is 224 g/mol. The van der Waals surface area contributed by atoms with Crippen LogP contribution < -0.4 is 0 Å². The van der Waals surface area contributed by atoms with Crippen molar-refractivity contribution < 1.29 is 9.84 Å². The Morgan fingerprint density at radius 3 is 2.81 bits per heavy atom. The Kier molecular flexibility index (Phi) is 3.58. The number of aliphatic hydroxyl groups is 1. The second-order valence-electron chi connectivity index (χ2n) is 5.64. The lowest BCUT2D eigenvalue weighted by atomic mass is 9.66. The molecule has 16 heavy (non-hydrogen) atoms. The van der Waals surface area contributed by atoms with Gasteiger partial charge in [0.2, 0.25) is 0 Å². The van der Waals surface area contributed by atoms with Gasteiger partial charge in [-0.15, -0.1) is 0 Å². The van der Waals surface area contributed by atoms with Crippen molar-refractivity contribution in [3.63, 3.8) is 0 Å². The molecule has 0 spiro atoms. The summed E-state index contributed by atoms with van der Waals surface area (Å²) < 4.78 is 5.41. The fourth-order valence-electron chi connectivity index (χ4n) is 3.35. The van der Waals surface area contributed by atoms with Gasteiger partial charge in [0.25, 0.3) is 0 Å². The summed E-state index contributed by atoms with van der Waals surface area (Å²) in [6.07, 6.45) is 8.40. The molecule has 1 aliphatic heterocycles. The third kappa shape index (κ3) is 2.13. The molecule has 92 valence electrons. The quantitative estimate of drug-likeness (QED) is 0.780. The van der Waals surface area contributed by atoms with Gasteiger partial charge in [-0.25, -0.2) is 0 Å². The van der Waals surface area contributed by atoms with Gasteiger partial charge in [-0.3, -0.25) is 0 Å². The maximum absolute atomic E-state index is 11.0. The molecule has 1 aliphatic carbocycles. The second kappa shape index (κ2) is 4.79. The molecule has 1 N–H and O–H groups in total. The molecule has 2 aliphatic rings. The zero-order chi connectivity index (χ0) is 11.6. The van der Waals surface area contributed by atoms with Crippen molar-refractivity contribution in [3.05, 3.63) is 11.8 Å². The summed E-state index contributed by atoms with van der Waals surface area (Å²) in [4.78, 5) is 0. The van der Waals surface area contributed by atoms with Gasteiger partial charge in [0.1, 0.15) is 0 Å². The lowest BCUT2D eigenvalue weighted by Crippen LogP contribution is -2.45. The molecule has 2 unspecified atom stereocenters. The lowest BCUT2D eigenvalue weighted by Gasteiger charge is -2.44. The summed E-state index contributed by atoms with van der Waals surface area (Å²) in [6.45, 7) is 5.27. The second-order valence-corrected chi connectivity index (χ2v) is 5.64. The van der Waals surface area contributed by atoms with E-state index in [0.29, 0.717) is 11.8 Å². The minimum absolute atomic E-state index is 0.411. The van der Waals surface area contributed by atoms with Gasteiger partial charge >= 0.3 is 0 Å². The minimum Gasteiger partial charge on any atom is -0.501 e. The highest BCUT2D eigenvalue weighted by Crippen LogP contribution is 2.44. The Morgan fingerprint density at radius 1 is 1.38 bits per heavy atom. The van der Waals surface area contributed by atoms with E-state index in [2.05, 4.69) is 13.8 Å². The topological polar surface area (TPSA) is 29.5 Å². The van der Waals surface area contributed by atoms with E-state index in [1.54, 1.807) is 0 Å². The van der Waals surface area contributed by atoms with Crippen LogP contribution in [-0.2, 0) is 4.74 Å². The highest BCUT2D eigenvalue weighted by Gasteiger charge is 2.43. The van der Waals surface area contributed by atoms with Gasteiger partial charge in [0.15, 0.2) is 0 Å². The van der Waals surface area contributed by atoms with Crippen molar-refractivity contribution in [2.24, 2.45) is 11.8 Å². The predicted octanol–water partition coefficient (Wildman–Crippen LogP) is 3.26. The Balaban J connectivity index is 2.21. The summed E-state index contributed by atoms with van der Waals surface area (Å²) in [7, 11) is 0. The van der Waals surface area contributed by atoms with E-state index < -0.39 is 5.60 Å². The van der Waals surface area contributed by atoms with Gasteiger partial charge < -0.3 is 9.84 Å². The average Bonchev–Trinajstić information content (AvgIpc) is 2.30. The maximum Gasteiger partial charge on any atom is 0.0919 e. The van der Waals surface area contributed by atoms with Gasteiger partial charge in [0, 0.05) is 0 Å². The summed E-state index contributed by atoms with van der Waals surface area (Å²) in [6, 6.07) is 0. The van der Waals surface area contributed by atoms with Crippen LogP contribution >= 0.6 is 0 Å². The average molecular weight is 224 g/mol. The van der Waals surface area contributed by atoms with Crippen LogP contribution in [0.25, 0.3) is 0 Å². The molecule has 0 aromatic heterocycles. The molecule has 1 fully saturated rings. The van der Waals surface area contributed by atoms with Crippen LogP contribution in [0, 0.1) is 11.8 Å². The summed E-state index contributed by atoms with van der Waals surface area (Å²) in [5.74, 6) is 0.960. The first-order valence-electron chi connectivity index (χ1n) is 6.68. The van der Waals surface area contributed by atoms with E-state index in [-0.39, 0.29) is 0 Å². The number of hydrogen-bond acceptors (Lipinski definition) is 2. The number of hydrogen-bond donors (Lipinski definition) is 1. The van der Waals surface area contributed by atoms with Crippen LogP contribution in [0.3, 0.4) is 0 Å². The molecule has 0 bridgehead atoms. The zero-order valence-corrected chi connectivity index (χ0v) is 10.5. The van der Waals surface area contributed by atoms with Gasteiger partial charge in [-0.2, -0.15) is 0 Å². The first-order valence-corrected chi connectivity index (χ1v) is 6.68. The van der Waals surface area contributed by atoms with Gasteiger partial charge in [0.05, 0.1) is 18.5 Å². The molecule has 0 aromatic carbocycles. The molecule has 2 heteroatoms. The highest BCUT2D eigenvalue weighted by molar-refractivity contribution is 5.19. The molecule has 2 nitrogen and oxygen atoms in total. The van der Waals surface area contributed by atoms with Crippen LogP contribution in [0.4, 0.5) is 0 Å². The molecule has 0 radical (unpaired) electrons. The smallest absolute Gasteiger partial charge is 0.0919 e. The maximum atomic E-state index is 11.0. The molecule has 0 amide bonds. The first-order chi connectivity index (χ1) is 7.64. The van der Waals surface area contributed by atoms with Crippen molar-refractivity contribution in [3.8, 4) is 0 Å². The number of ether oxygens (including phenoxy) is 1. The fourth-order valence-corrected chi connectivity index (χ4v) is 3.35. The predicted molar refractivity (Wildman–Crippen MR) is 65.0 cm³/mol. The van der Waals surface area contributed by atoms with Gasteiger partial charge in [-0.1, -0.05) is 26.7 Å². The van der Waals surface area contributed by atoms with E-state index in [0.717, 1.165) is 44.3 Å². The Bertz CT molecular complexity index is 270. The van der Waals surface area contributed by atoms with Crippen molar-refractivity contribution in [2.45, 2.75) is 58.0 Å². The van der Waals surface area contributed by atoms with Crippen LogP contribution in [0.2, 0.25) is 0 Å². The van der Waals surface area contributed by atoms with E-state index in [4.69, 9.17) is 4.74 Å². The molecule has 2 atom stereocenters. The molecule has 0 aromatic rings. The van der Waals surface area contributed by atoms with Crippen molar-refractivity contribution in [1.82, 2.24) is 0 Å². The summed E-state index contributed by atoms with van der Waals surface area (Å²) in [5.41, 5.74) is 0.574. The van der Waals surface area contributed by atoms with E-state index >= 15 is 0 Å². The standard InChI is InChI=1S/C14H24O2/c1-11(2)13-7-3-4-8-14(13,15)12-6-5-9-16-10-12/h10-11,13,15H,3-9H2,1-2H3. The fraction of sp³-hybridized carbons (Fsp3) is 0.857. The molecular formula is C14H24O2. The normalized spacial score (nSPS) is 35.8. The van der Waals surface area contributed by atoms with Crippen molar-refractivity contribution in [2.75, 3.05) is 6.61 Å². The molecule has 2 rings (SSSR count). The van der Waals surface area contributed by atoms with Crippen LogP contribution in [0.1, 0.15) is 52.4 Å².